The lowest BCUT2D eigenvalue weighted by Crippen LogP contribution is -2.25. The van der Waals surface area contributed by atoms with Crippen LogP contribution in [0.15, 0.2) is 6.07 Å². The van der Waals surface area contributed by atoms with E-state index in [2.05, 4.69) is 31.0 Å². The molecule has 0 spiro atoms. The van der Waals surface area contributed by atoms with Gasteiger partial charge in [-0.3, -0.25) is 4.79 Å². The summed E-state index contributed by atoms with van der Waals surface area (Å²) >= 11 is 1.45. The average molecular weight is 297 g/mol. The topological polar surface area (TPSA) is 58.4 Å². The third-order valence-corrected chi connectivity index (χ3v) is 4.66. The van der Waals surface area contributed by atoms with Crippen molar-refractivity contribution in [3.8, 4) is 0 Å². The van der Waals surface area contributed by atoms with Crippen LogP contribution in [0.3, 0.4) is 0 Å². The number of nitrogen functional groups attached to an aromatic ring is 1. The summed E-state index contributed by atoms with van der Waals surface area (Å²) in [6, 6.07) is 2.26. The van der Waals surface area contributed by atoms with Gasteiger partial charge in [0.05, 0.1) is 15.6 Å². The van der Waals surface area contributed by atoms with E-state index < -0.39 is 0 Å². The van der Waals surface area contributed by atoms with Crippen molar-refractivity contribution in [1.82, 2.24) is 4.90 Å². The van der Waals surface area contributed by atoms with Crippen molar-refractivity contribution in [2.45, 2.75) is 46.6 Å². The second kappa shape index (κ2) is 8.27. The predicted molar refractivity (Wildman–Crippen MR) is 88.8 cm³/mol. The Balaban J connectivity index is 2.40. The molecule has 5 heteroatoms. The standard InChI is InChI=1S/C15H27N3OS/c1-5-18(6-2)9-7-8-11(3)17-14-10-13(16)15(20-14)12(4)19/h10-11,17H,5-9,16H2,1-4H3. The molecule has 0 saturated heterocycles. The summed E-state index contributed by atoms with van der Waals surface area (Å²) in [5.74, 6) is 0.0368. The molecular formula is C15H27N3OS. The van der Waals surface area contributed by atoms with Crippen molar-refractivity contribution in [2.75, 3.05) is 30.7 Å². The van der Waals surface area contributed by atoms with Gasteiger partial charge in [0.15, 0.2) is 5.78 Å². The fraction of sp³-hybridized carbons (Fsp3) is 0.667. The van der Waals surface area contributed by atoms with Crippen molar-refractivity contribution in [1.29, 1.82) is 0 Å². The minimum Gasteiger partial charge on any atom is -0.397 e. The Morgan fingerprint density at radius 1 is 1.45 bits per heavy atom. The molecule has 0 radical (unpaired) electrons. The summed E-state index contributed by atoms with van der Waals surface area (Å²) in [6.07, 6.45) is 2.29. The normalized spacial score (nSPS) is 12.7. The molecule has 0 saturated carbocycles. The third-order valence-electron chi connectivity index (χ3n) is 3.48. The molecule has 0 aliphatic heterocycles. The zero-order chi connectivity index (χ0) is 15.1. The molecule has 1 rings (SSSR count). The Hall–Kier alpha value is -1.07. The Labute approximate surface area is 126 Å². The molecule has 1 unspecified atom stereocenters. The van der Waals surface area contributed by atoms with Crippen molar-refractivity contribution < 1.29 is 4.79 Å². The second-order valence-electron chi connectivity index (χ2n) is 5.17. The first kappa shape index (κ1) is 17.0. The molecule has 1 aromatic heterocycles. The molecule has 3 N–H and O–H groups in total. The maximum Gasteiger partial charge on any atom is 0.171 e. The molecule has 1 heterocycles. The first-order valence-corrected chi connectivity index (χ1v) is 8.18. The molecule has 114 valence electrons. The number of carbonyl (C=O) groups is 1. The van der Waals surface area contributed by atoms with Gasteiger partial charge in [0.1, 0.15) is 0 Å². The van der Waals surface area contributed by atoms with Crippen molar-refractivity contribution in [3.05, 3.63) is 10.9 Å². The highest BCUT2D eigenvalue weighted by molar-refractivity contribution is 7.18. The van der Waals surface area contributed by atoms with Crippen LogP contribution in [0, 0.1) is 0 Å². The molecule has 20 heavy (non-hydrogen) atoms. The number of nitrogens with zero attached hydrogens (tertiary/aromatic N) is 1. The van der Waals surface area contributed by atoms with Crippen LogP contribution in [0.5, 0.6) is 0 Å². The first-order chi connectivity index (χ1) is 9.47. The maximum absolute atomic E-state index is 11.4. The molecule has 0 amide bonds. The molecule has 1 aromatic rings. The van der Waals surface area contributed by atoms with Crippen LogP contribution in [0.25, 0.3) is 0 Å². The summed E-state index contributed by atoms with van der Waals surface area (Å²) in [5, 5.41) is 4.42. The number of nitrogens with two attached hydrogens (primary N) is 1. The molecule has 0 bridgehead atoms. The van der Waals surface area contributed by atoms with E-state index in [0.717, 1.165) is 31.1 Å². The van der Waals surface area contributed by atoms with E-state index >= 15 is 0 Å². The largest absolute Gasteiger partial charge is 0.397 e. The van der Waals surface area contributed by atoms with E-state index in [-0.39, 0.29) is 5.78 Å². The molecule has 4 nitrogen and oxygen atoms in total. The number of Topliss-reactive ketones (excluding diaryl/α,β-unsaturated/α-hetero) is 1. The van der Waals surface area contributed by atoms with Crippen LogP contribution in [0.1, 0.15) is 50.2 Å². The van der Waals surface area contributed by atoms with Gasteiger partial charge in [-0.05, 0) is 45.5 Å². The van der Waals surface area contributed by atoms with E-state index in [0.29, 0.717) is 16.6 Å². The van der Waals surface area contributed by atoms with Crippen LogP contribution in [-0.2, 0) is 0 Å². The number of ketones is 1. The maximum atomic E-state index is 11.4. The number of hydrogen-bond acceptors (Lipinski definition) is 5. The van der Waals surface area contributed by atoms with Crippen LogP contribution in [-0.4, -0.2) is 36.4 Å². The van der Waals surface area contributed by atoms with Gasteiger partial charge < -0.3 is 16.0 Å². The highest BCUT2D eigenvalue weighted by Gasteiger charge is 2.12. The lowest BCUT2D eigenvalue weighted by Gasteiger charge is -2.19. The number of hydrogen-bond donors (Lipinski definition) is 2. The fourth-order valence-electron chi connectivity index (χ4n) is 2.23. The van der Waals surface area contributed by atoms with Gasteiger partial charge in [0.25, 0.3) is 0 Å². The Morgan fingerprint density at radius 3 is 2.60 bits per heavy atom. The van der Waals surface area contributed by atoms with Gasteiger partial charge in [-0.25, -0.2) is 0 Å². The van der Waals surface area contributed by atoms with Crippen LogP contribution in [0.4, 0.5) is 10.7 Å². The van der Waals surface area contributed by atoms with E-state index in [1.807, 2.05) is 6.07 Å². The number of thiophene rings is 1. The van der Waals surface area contributed by atoms with Gasteiger partial charge in [-0.2, -0.15) is 0 Å². The summed E-state index contributed by atoms with van der Waals surface area (Å²) in [5.41, 5.74) is 6.42. The summed E-state index contributed by atoms with van der Waals surface area (Å²) in [7, 11) is 0. The monoisotopic (exact) mass is 297 g/mol. The van der Waals surface area contributed by atoms with Crippen LogP contribution >= 0.6 is 11.3 Å². The Kier molecular flexibility index (Phi) is 7.02. The lowest BCUT2D eigenvalue weighted by molar-refractivity contribution is 0.102. The predicted octanol–water partition coefficient (Wildman–Crippen LogP) is 3.46. The molecule has 0 fully saturated rings. The minimum absolute atomic E-state index is 0.0368. The highest BCUT2D eigenvalue weighted by atomic mass is 32.1. The zero-order valence-corrected chi connectivity index (χ0v) is 13.8. The number of rotatable bonds is 9. The SMILES string of the molecule is CCN(CC)CCCC(C)Nc1cc(N)c(C(C)=O)s1. The summed E-state index contributed by atoms with van der Waals surface area (Å²) < 4.78 is 0. The van der Waals surface area contributed by atoms with Crippen molar-refractivity contribution >= 4 is 27.8 Å². The van der Waals surface area contributed by atoms with E-state index in [9.17, 15) is 4.79 Å². The second-order valence-corrected chi connectivity index (χ2v) is 6.22. The molecule has 0 aliphatic carbocycles. The van der Waals surface area contributed by atoms with Crippen molar-refractivity contribution in [3.63, 3.8) is 0 Å². The number of anilines is 2. The number of nitrogens with one attached hydrogen (secondary N) is 1. The van der Waals surface area contributed by atoms with Crippen LogP contribution < -0.4 is 11.1 Å². The fourth-order valence-corrected chi connectivity index (χ4v) is 3.21. The van der Waals surface area contributed by atoms with Gasteiger partial charge in [-0.1, -0.05) is 13.8 Å². The third kappa shape index (κ3) is 5.13. The minimum atomic E-state index is 0.0368. The smallest absolute Gasteiger partial charge is 0.171 e. The summed E-state index contributed by atoms with van der Waals surface area (Å²) in [4.78, 5) is 14.5. The van der Waals surface area contributed by atoms with Gasteiger partial charge in [0.2, 0.25) is 0 Å². The van der Waals surface area contributed by atoms with Gasteiger partial charge in [0, 0.05) is 13.0 Å². The van der Waals surface area contributed by atoms with Gasteiger partial charge >= 0.3 is 0 Å². The molecule has 1 atom stereocenters. The van der Waals surface area contributed by atoms with E-state index in [1.165, 1.54) is 17.8 Å². The summed E-state index contributed by atoms with van der Waals surface area (Å²) in [6.45, 7) is 11.5. The number of carbonyl (C=O) groups excluding carboxylic acids is 1. The lowest BCUT2D eigenvalue weighted by atomic mass is 10.2. The van der Waals surface area contributed by atoms with Gasteiger partial charge in [-0.15, -0.1) is 11.3 Å². The van der Waals surface area contributed by atoms with E-state index in [1.54, 1.807) is 6.92 Å². The van der Waals surface area contributed by atoms with Crippen molar-refractivity contribution in [2.24, 2.45) is 0 Å². The molecule has 0 aromatic carbocycles. The Morgan fingerprint density at radius 2 is 2.10 bits per heavy atom. The average Bonchev–Trinajstić information content (AvgIpc) is 2.75. The first-order valence-electron chi connectivity index (χ1n) is 7.37. The quantitative estimate of drug-likeness (QED) is 0.685. The highest BCUT2D eigenvalue weighted by Crippen LogP contribution is 2.30. The van der Waals surface area contributed by atoms with E-state index in [4.69, 9.17) is 5.73 Å². The zero-order valence-electron chi connectivity index (χ0n) is 13.0. The Bertz CT molecular complexity index is 427. The molecule has 0 aliphatic rings. The van der Waals surface area contributed by atoms with Crippen LogP contribution in [0.2, 0.25) is 0 Å². The molecular weight excluding hydrogens is 270 g/mol.